The molecular formula is C15H17NO. The molecule has 1 atom stereocenters. The summed E-state index contributed by atoms with van der Waals surface area (Å²) in [5.41, 5.74) is 4.11. The first-order valence-electron chi connectivity index (χ1n) is 5.85. The van der Waals surface area contributed by atoms with E-state index in [1.165, 1.54) is 0 Å². The van der Waals surface area contributed by atoms with Gasteiger partial charge in [0, 0.05) is 5.57 Å². The monoisotopic (exact) mass is 227 g/mol. The van der Waals surface area contributed by atoms with E-state index in [-0.39, 0.29) is 11.9 Å². The van der Waals surface area contributed by atoms with E-state index < -0.39 is 0 Å². The van der Waals surface area contributed by atoms with Crippen LogP contribution in [0, 0.1) is 0 Å². The second kappa shape index (κ2) is 4.58. The van der Waals surface area contributed by atoms with Gasteiger partial charge in [-0.05, 0) is 31.9 Å². The van der Waals surface area contributed by atoms with Gasteiger partial charge in [0.25, 0.3) is 5.91 Å². The molecule has 1 N–H and O–H groups in total. The van der Waals surface area contributed by atoms with Crippen LogP contribution in [-0.4, -0.2) is 5.91 Å². The summed E-state index contributed by atoms with van der Waals surface area (Å²) in [5.74, 6) is 0.0342. The maximum Gasteiger partial charge on any atom is 0.252 e. The summed E-state index contributed by atoms with van der Waals surface area (Å²) in [6.07, 6.45) is 2.03. The van der Waals surface area contributed by atoms with Gasteiger partial charge in [-0.3, -0.25) is 4.79 Å². The zero-order valence-corrected chi connectivity index (χ0v) is 10.4. The maximum atomic E-state index is 12.0. The number of nitrogens with one attached hydrogen (secondary N) is 1. The fourth-order valence-corrected chi connectivity index (χ4v) is 2.29. The molecule has 88 valence electrons. The van der Waals surface area contributed by atoms with Gasteiger partial charge < -0.3 is 5.32 Å². The Balaban J connectivity index is 2.47. The highest BCUT2D eigenvalue weighted by molar-refractivity contribution is 6.02. The van der Waals surface area contributed by atoms with Crippen LogP contribution in [0.3, 0.4) is 0 Å². The number of carbonyl (C=O) groups excluding carboxylic acids is 1. The summed E-state index contributed by atoms with van der Waals surface area (Å²) in [6.45, 7) is 5.94. The first-order chi connectivity index (χ1) is 8.15. The van der Waals surface area contributed by atoms with Gasteiger partial charge in [0.2, 0.25) is 0 Å². The Labute approximate surface area is 102 Å². The molecule has 0 saturated carbocycles. The number of allylic oxidation sites excluding steroid dienone is 2. The zero-order chi connectivity index (χ0) is 12.4. The molecule has 1 fully saturated rings. The number of carbonyl (C=O) groups is 1. The highest BCUT2D eigenvalue weighted by Crippen LogP contribution is 2.34. The highest BCUT2D eigenvalue weighted by Gasteiger charge is 2.32. The quantitative estimate of drug-likeness (QED) is 0.734. The van der Waals surface area contributed by atoms with Gasteiger partial charge in [-0.2, -0.15) is 0 Å². The average molecular weight is 227 g/mol. The Bertz CT molecular complexity index is 493. The minimum Gasteiger partial charge on any atom is -0.341 e. The lowest BCUT2D eigenvalue weighted by molar-refractivity contribution is -0.116. The molecule has 2 heteroatoms. The molecule has 1 amide bonds. The van der Waals surface area contributed by atoms with Crippen molar-refractivity contribution in [3.05, 3.63) is 58.7 Å². The molecule has 1 aliphatic heterocycles. The molecular weight excluding hydrogens is 210 g/mol. The van der Waals surface area contributed by atoms with Crippen molar-refractivity contribution in [1.82, 2.24) is 5.32 Å². The van der Waals surface area contributed by atoms with Crippen molar-refractivity contribution in [3.63, 3.8) is 0 Å². The third-order valence-corrected chi connectivity index (χ3v) is 3.05. The Kier molecular flexibility index (Phi) is 3.14. The van der Waals surface area contributed by atoms with Gasteiger partial charge in [-0.1, -0.05) is 42.0 Å². The van der Waals surface area contributed by atoms with Crippen LogP contribution in [0.15, 0.2) is 53.1 Å². The van der Waals surface area contributed by atoms with Crippen LogP contribution < -0.4 is 5.32 Å². The minimum absolute atomic E-state index is 0.00130. The minimum atomic E-state index is -0.00130. The summed E-state index contributed by atoms with van der Waals surface area (Å²) in [7, 11) is 0. The maximum absolute atomic E-state index is 12.0. The van der Waals surface area contributed by atoms with Gasteiger partial charge in [0.1, 0.15) is 0 Å². The van der Waals surface area contributed by atoms with E-state index in [9.17, 15) is 4.79 Å². The smallest absolute Gasteiger partial charge is 0.252 e. The topological polar surface area (TPSA) is 29.1 Å². The van der Waals surface area contributed by atoms with E-state index in [0.29, 0.717) is 0 Å². The van der Waals surface area contributed by atoms with E-state index in [0.717, 1.165) is 22.3 Å². The lowest BCUT2D eigenvalue weighted by Gasteiger charge is -2.12. The van der Waals surface area contributed by atoms with Crippen LogP contribution in [0.1, 0.15) is 32.4 Å². The number of hydrogen-bond donors (Lipinski definition) is 1. The van der Waals surface area contributed by atoms with Gasteiger partial charge >= 0.3 is 0 Å². The first-order valence-corrected chi connectivity index (χ1v) is 5.85. The molecule has 1 aromatic rings. The van der Waals surface area contributed by atoms with Gasteiger partial charge in [0.05, 0.1) is 6.04 Å². The van der Waals surface area contributed by atoms with Gasteiger partial charge in [-0.15, -0.1) is 0 Å². The molecule has 0 radical (unpaired) electrons. The SMILES string of the molecule is C/C=C1/C(=C(C)C)C(=O)N[C@H]1c1ccccc1. The van der Waals surface area contributed by atoms with E-state index in [1.807, 2.05) is 57.2 Å². The molecule has 0 aromatic heterocycles. The number of benzene rings is 1. The Morgan fingerprint density at radius 1 is 1.24 bits per heavy atom. The third-order valence-electron chi connectivity index (χ3n) is 3.05. The fraction of sp³-hybridized carbons (Fsp3) is 0.267. The summed E-state index contributed by atoms with van der Waals surface area (Å²) < 4.78 is 0. The molecule has 0 unspecified atom stereocenters. The highest BCUT2D eigenvalue weighted by atomic mass is 16.2. The van der Waals surface area contributed by atoms with Crippen molar-refractivity contribution in [2.45, 2.75) is 26.8 Å². The third kappa shape index (κ3) is 2.03. The van der Waals surface area contributed by atoms with Crippen LogP contribution >= 0.6 is 0 Å². The summed E-state index contributed by atoms with van der Waals surface area (Å²) >= 11 is 0. The Morgan fingerprint density at radius 2 is 1.88 bits per heavy atom. The molecule has 1 aromatic carbocycles. The van der Waals surface area contributed by atoms with E-state index in [4.69, 9.17) is 0 Å². The number of hydrogen-bond acceptors (Lipinski definition) is 1. The fourth-order valence-electron chi connectivity index (χ4n) is 2.29. The van der Waals surface area contributed by atoms with Crippen molar-refractivity contribution in [2.75, 3.05) is 0 Å². The molecule has 1 saturated heterocycles. The molecule has 0 aliphatic carbocycles. The van der Waals surface area contributed by atoms with E-state index >= 15 is 0 Å². The predicted octanol–water partition coefficient (Wildman–Crippen LogP) is 3.14. The lowest BCUT2D eigenvalue weighted by atomic mass is 9.95. The summed E-state index contributed by atoms with van der Waals surface area (Å²) in [4.78, 5) is 12.0. The van der Waals surface area contributed by atoms with Crippen LogP contribution in [0.25, 0.3) is 0 Å². The van der Waals surface area contributed by atoms with Crippen LogP contribution in [0.2, 0.25) is 0 Å². The number of amides is 1. The summed E-state index contributed by atoms with van der Waals surface area (Å²) in [5, 5.41) is 3.04. The largest absolute Gasteiger partial charge is 0.341 e. The molecule has 1 heterocycles. The van der Waals surface area contributed by atoms with Crippen molar-refractivity contribution in [3.8, 4) is 0 Å². The van der Waals surface area contributed by atoms with Crippen molar-refractivity contribution in [1.29, 1.82) is 0 Å². The summed E-state index contributed by atoms with van der Waals surface area (Å²) in [6, 6.07) is 10.1. The molecule has 2 nitrogen and oxygen atoms in total. The van der Waals surface area contributed by atoms with Gasteiger partial charge in [-0.25, -0.2) is 0 Å². The van der Waals surface area contributed by atoms with E-state index in [1.54, 1.807) is 0 Å². The average Bonchev–Trinajstić information content (AvgIpc) is 2.67. The molecule has 1 aliphatic rings. The Hall–Kier alpha value is -1.83. The lowest BCUT2D eigenvalue weighted by Crippen LogP contribution is -2.19. The Morgan fingerprint density at radius 3 is 2.41 bits per heavy atom. The normalized spacial score (nSPS) is 21.8. The van der Waals surface area contributed by atoms with Crippen molar-refractivity contribution >= 4 is 5.91 Å². The number of rotatable bonds is 1. The van der Waals surface area contributed by atoms with Crippen LogP contribution in [0.5, 0.6) is 0 Å². The van der Waals surface area contributed by atoms with E-state index in [2.05, 4.69) is 5.32 Å². The van der Waals surface area contributed by atoms with Crippen molar-refractivity contribution < 1.29 is 4.79 Å². The standard InChI is InChI=1S/C15H17NO/c1-4-12-13(10(2)3)15(17)16-14(12)11-8-6-5-7-9-11/h4-9,14H,1-3H3,(H,16,17)/b12-4-/t14-/m0/s1. The molecule has 2 rings (SSSR count). The first kappa shape index (κ1) is 11.6. The second-order valence-electron chi connectivity index (χ2n) is 4.44. The second-order valence-corrected chi connectivity index (χ2v) is 4.44. The van der Waals surface area contributed by atoms with Crippen LogP contribution in [-0.2, 0) is 4.79 Å². The molecule has 0 spiro atoms. The molecule has 17 heavy (non-hydrogen) atoms. The molecule has 0 bridgehead atoms. The van der Waals surface area contributed by atoms with Crippen molar-refractivity contribution in [2.24, 2.45) is 0 Å². The zero-order valence-electron chi connectivity index (χ0n) is 10.4. The predicted molar refractivity (Wildman–Crippen MR) is 69.5 cm³/mol. The van der Waals surface area contributed by atoms with Gasteiger partial charge in [0.15, 0.2) is 0 Å². The van der Waals surface area contributed by atoms with Crippen LogP contribution in [0.4, 0.5) is 0 Å².